The smallest absolute Gasteiger partial charge is 0.334 e. The second-order valence-corrected chi connectivity index (χ2v) is 7.07. The number of aromatic nitrogens is 1. The molecule has 3 rings (SSSR count). The molecule has 1 aliphatic heterocycles. The molecule has 1 saturated heterocycles. The van der Waals surface area contributed by atoms with Crippen LogP contribution in [0, 0.1) is 0 Å². The van der Waals surface area contributed by atoms with Gasteiger partial charge >= 0.3 is 5.97 Å². The Bertz CT molecular complexity index is 780. The molecule has 138 valence electrons. The fourth-order valence-corrected chi connectivity index (χ4v) is 3.30. The lowest BCUT2D eigenvalue weighted by atomic mass is 10.2. The Morgan fingerprint density at radius 2 is 2.15 bits per heavy atom. The number of thiazole rings is 1. The first-order chi connectivity index (χ1) is 12.5. The van der Waals surface area contributed by atoms with Crippen LogP contribution in [0.5, 0.6) is 5.75 Å². The average molecular weight is 397 g/mol. The SMILES string of the molecule is O=C(O)[C@H]1CN(C(=O)Cc2csc(COc3ccc(Cl)cc3)n2)CCO1. The molecule has 0 bridgehead atoms. The maximum Gasteiger partial charge on any atom is 0.334 e. The van der Waals surface area contributed by atoms with E-state index in [0.717, 1.165) is 5.01 Å². The number of aliphatic carboxylic acids is 1. The van der Waals surface area contributed by atoms with Crippen molar-refractivity contribution in [1.82, 2.24) is 9.88 Å². The van der Waals surface area contributed by atoms with Crippen molar-refractivity contribution in [2.45, 2.75) is 19.1 Å². The van der Waals surface area contributed by atoms with Crippen molar-refractivity contribution >= 4 is 34.8 Å². The third-order valence-corrected chi connectivity index (χ3v) is 4.93. The molecule has 1 amide bonds. The van der Waals surface area contributed by atoms with E-state index in [9.17, 15) is 9.59 Å². The van der Waals surface area contributed by atoms with Crippen LogP contribution in [0.2, 0.25) is 5.02 Å². The Hall–Kier alpha value is -2.16. The van der Waals surface area contributed by atoms with Crippen LogP contribution in [0.4, 0.5) is 0 Å². The standard InChI is InChI=1S/C17H17ClN2O5S/c18-11-1-3-13(4-2-11)25-9-15-19-12(10-26-15)7-16(21)20-5-6-24-14(8-20)17(22)23/h1-4,10,14H,5-9H2,(H,22,23)/t14-/m1/s1. The van der Waals surface area contributed by atoms with E-state index in [4.69, 9.17) is 26.2 Å². The number of carboxylic acids is 1. The Balaban J connectivity index is 1.52. The zero-order chi connectivity index (χ0) is 18.5. The molecule has 2 aromatic rings. The number of nitrogens with zero attached hydrogens (tertiary/aromatic N) is 2. The van der Waals surface area contributed by atoms with Gasteiger partial charge in [-0.15, -0.1) is 11.3 Å². The van der Waals surface area contributed by atoms with E-state index in [1.807, 2.05) is 5.38 Å². The summed E-state index contributed by atoms with van der Waals surface area (Å²) in [6.07, 6.45) is -0.837. The highest BCUT2D eigenvalue weighted by molar-refractivity contribution is 7.09. The van der Waals surface area contributed by atoms with Gasteiger partial charge in [0.15, 0.2) is 6.10 Å². The minimum Gasteiger partial charge on any atom is -0.486 e. The molecule has 7 nitrogen and oxygen atoms in total. The van der Waals surface area contributed by atoms with Crippen molar-refractivity contribution in [1.29, 1.82) is 0 Å². The van der Waals surface area contributed by atoms with Crippen LogP contribution in [-0.2, 0) is 27.4 Å². The highest BCUT2D eigenvalue weighted by atomic mass is 35.5. The molecular weight excluding hydrogens is 380 g/mol. The number of carbonyl (C=O) groups is 2. The summed E-state index contributed by atoms with van der Waals surface area (Å²) in [7, 11) is 0. The molecule has 9 heteroatoms. The molecule has 26 heavy (non-hydrogen) atoms. The molecule has 0 spiro atoms. The second-order valence-electron chi connectivity index (χ2n) is 5.69. The number of carbonyl (C=O) groups excluding carboxylic acids is 1. The van der Waals surface area contributed by atoms with Crippen molar-refractivity contribution in [3.63, 3.8) is 0 Å². The predicted octanol–water partition coefficient (Wildman–Crippen LogP) is 2.23. The molecule has 2 heterocycles. The maximum atomic E-state index is 12.4. The normalized spacial score (nSPS) is 17.1. The number of ether oxygens (including phenoxy) is 2. The highest BCUT2D eigenvalue weighted by Gasteiger charge is 2.29. The van der Waals surface area contributed by atoms with Crippen LogP contribution in [0.1, 0.15) is 10.7 Å². The predicted molar refractivity (Wildman–Crippen MR) is 95.6 cm³/mol. The van der Waals surface area contributed by atoms with Crippen molar-refractivity contribution < 1.29 is 24.2 Å². The molecule has 0 radical (unpaired) electrons. The summed E-state index contributed by atoms with van der Waals surface area (Å²) >= 11 is 7.24. The molecule has 1 N–H and O–H groups in total. The fraction of sp³-hybridized carbons (Fsp3) is 0.353. The zero-order valence-electron chi connectivity index (χ0n) is 13.8. The van der Waals surface area contributed by atoms with Crippen LogP contribution in [-0.4, -0.2) is 52.7 Å². The molecular formula is C17H17ClN2O5S. The van der Waals surface area contributed by atoms with Crippen LogP contribution < -0.4 is 4.74 Å². The number of hydrogen-bond acceptors (Lipinski definition) is 6. The van der Waals surface area contributed by atoms with Crippen molar-refractivity contribution in [3.8, 4) is 5.75 Å². The van der Waals surface area contributed by atoms with Gasteiger partial charge in [0.1, 0.15) is 17.4 Å². The van der Waals surface area contributed by atoms with E-state index >= 15 is 0 Å². The lowest BCUT2D eigenvalue weighted by Gasteiger charge is -2.30. The first kappa shape index (κ1) is 18.6. The highest BCUT2D eigenvalue weighted by Crippen LogP contribution is 2.19. The summed E-state index contributed by atoms with van der Waals surface area (Å²) in [6, 6.07) is 7.04. The van der Waals surface area contributed by atoms with Crippen LogP contribution in [0.3, 0.4) is 0 Å². The third kappa shape index (κ3) is 4.94. The lowest BCUT2D eigenvalue weighted by molar-refractivity contribution is -0.159. The van der Waals surface area contributed by atoms with Crippen molar-refractivity contribution in [2.75, 3.05) is 19.7 Å². The van der Waals surface area contributed by atoms with E-state index in [2.05, 4.69) is 4.98 Å². The third-order valence-electron chi connectivity index (χ3n) is 3.80. The van der Waals surface area contributed by atoms with E-state index in [-0.39, 0.29) is 25.5 Å². The van der Waals surface area contributed by atoms with Gasteiger partial charge in [-0.2, -0.15) is 0 Å². The first-order valence-electron chi connectivity index (χ1n) is 7.95. The average Bonchev–Trinajstić information content (AvgIpc) is 3.08. The number of carboxylic acid groups (broad SMARTS) is 1. The van der Waals surface area contributed by atoms with Gasteiger partial charge in [-0.1, -0.05) is 11.6 Å². The van der Waals surface area contributed by atoms with Gasteiger partial charge in [-0.3, -0.25) is 4.79 Å². The quantitative estimate of drug-likeness (QED) is 0.805. The van der Waals surface area contributed by atoms with Gasteiger partial charge in [0.05, 0.1) is 25.3 Å². The second kappa shape index (κ2) is 8.48. The van der Waals surface area contributed by atoms with Crippen LogP contribution in [0.15, 0.2) is 29.6 Å². The zero-order valence-corrected chi connectivity index (χ0v) is 15.3. The number of halogens is 1. The fourth-order valence-electron chi connectivity index (χ4n) is 2.46. The first-order valence-corrected chi connectivity index (χ1v) is 9.21. The summed E-state index contributed by atoms with van der Waals surface area (Å²) in [5.41, 5.74) is 0.646. The molecule has 1 aliphatic rings. The minimum atomic E-state index is -1.06. The number of hydrogen-bond donors (Lipinski definition) is 1. The monoisotopic (exact) mass is 396 g/mol. The van der Waals surface area contributed by atoms with Crippen molar-refractivity contribution in [2.24, 2.45) is 0 Å². The van der Waals surface area contributed by atoms with Crippen LogP contribution in [0.25, 0.3) is 0 Å². The van der Waals surface area contributed by atoms with Gasteiger partial charge in [-0.25, -0.2) is 9.78 Å². The molecule has 1 atom stereocenters. The van der Waals surface area contributed by atoms with E-state index < -0.39 is 12.1 Å². The van der Waals surface area contributed by atoms with Crippen LogP contribution >= 0.6 is 22.9 Å². The van der Waals surface area contributed by atoms with Gasteiger partial charge in [-0.05, 0) is 24.3 Å². The molecule has 0 aliphatic carbocycles. The molecule has 1 aromatic heterocycles. The number of benzene rings is 1. The molecule has 1 aromatic carbocycles. The topological polar surface area (TPSA) is 89.0 Å². The van der Waals surface area contributed by atoms with Gasteiger partial charge < -0.3 is 19.5 Å². The summed E-state index contributed by atoms with van der Waals surface area (Å²) in [6.45, 7) is 0.975. The Kier molecular flexibility index (Phi) is 6.08. The van der Waals surface area contributed by atoms with E-state index in [1.165, 1.54) is 16.2 Å². The molecule has 1 fully saturated rings. The minimum absolute atomic E-state index is 0.0604. The maximum absolute atomic E-state index is 12.4. The Morgan fingerprint density at radius 1 is 1.38 bits per heavy atom. The molecule has 0 saturated carbocycles. The summed E-state index contributed by atoms with van der Waals surface area (Å²) in [4.78, 5) is 29.3. The van der Waals surface area contributed by atoms with Gasteiger partial charge in [0.2, 0.25) is 5.91 Å². The Morgan fingerprint density at radius 3 is 2.88 bits per heavy atom. The van der Waals surface area contributed by atoms with Crippen molar-refractivity contribution in [3.05, 3.63) is 45.4 Å². The number of morpholine rings is 1. The van der Waals surface area contributed by atoms with E-state index in [1.54, 1.807) is 24.3 Å². The summed E-state index contributed by atoms with van der Waals surface area (Å²) in [5.74, 6) is -0.525. The molecule has 0 unspecified atom stereocenters. The largest absolute Gasteiger partial charge is 0.486 e. The lowest BCUT2D eigenvalue weighted by Crippen LogP contribution is -2.49. The van der Waals surface area contributed by atoms with Gasteiger partial charge in [0.25, 0.3) is 0 Å². The number of amides is 1. The van der Waals surface area contributed by atoms with Gasteiger partial charge in [0, 0.05) is 16.9 Å². The van der Waals surface area contributed by atoms with E-state index in [0.29, 0.717) is 29.6 Å². The summed E-state index contributed by atoms with van der Waals surface area (Å²) < 4.78 is 10.8. The Labute approximate surface area is 159 Å². The summed E-state index contributed by atoms with van der Waals surface area (Å²) in [5, 5.41) is 12.2. The number of rotatable bonds is 6.